The van der Waals surface area contributed by atoms with E-state index in [1.807, 2.05) is 36.1 Å². The minimum Gasteiger partial charge on any atom is -0.438 e. The predicted molar refractivity (Wildman–Crippen MR) is 109 cm³/mol. The summed E-state index contributed by atoms with van der Waals surface area (Å²) in [5, 5.41) is 4.25. The van der Waals surface area contributed by atoms with Crippen LogP contribution in [0.15, 0.2) is 39.6 Å². The molecule has 0 N–H and O–H groups in total. The molecule has 2 saturated heterocycles. The van der Waals surface area contributed by atoms with Gasteiger partial charge in [-0.05, 0) is 39.9 Å². The summed E-state index contributed by atoms with van der Waals surface area (Å²) in [4.78, 5) is 26.1. The second-order valence-electron chi connectivity index (χ2n) is 8.68. The average molecular weight is 407 g/mol. The van der Waals surface area contributed by atoms with Gasteiger partial charge in [0.25, 0.3) is 5.91 Å². The van der Waals surface area contributed by atoms with E-state index in [0.717, 1.165) is 30.6 Å². The van der Waals surface area contributed by atoms with E-state index in [4.69, 9.17) is 13.9 Å². The molecule has 8 heteroatoms. The largest absolute Gasteiger partial charge is 0.438 e. The van der Waals surface area contributed by atoms with Gasteiger partial charge in [-0.3, -0.25) is 4.79 Å². The monoisotopic (exact) mass is 407 g/mol. The van der Waals surface area contributed by atoms with Crippen LogP contribution in [0.1, 0.15) is 40.0 Å². The lowest BCUT2D eigenvalue weighted by Crippen LogP contribution is -2.34. The fraction of sp³-hybridized carbons (Fsp3) is 0.455. The van der Waals surface area contributed by atoms with Crippen LogP contribution in [-0.2, 0) is 0 Å². The predicted octanol–water partition coefficient (Wildman–Crippen LogP) is 2.90. The van der Waals surface area contributed by atoms with Crippen molar-refractivity contribution in [3.05, 3.63) is 53.6 Å². The van der Waals surface area contributed by atoms with Crippen LogP contribution in [0.3, 0.4) is 0 Å². The number of hydrogen-bond donors (Lipinski definition) is 0. The highest BCUT2D eigenvalue weighted by atomic mass is 16.5. The van der Waals surface area contributed by atoms with Crippen molar-refractivity contribution >= 4 is 5.91 Å². The molecule has 0 aliphatic carbocycles. The van der Waals surface area contributed by atoms with Crippen molar-refractivity contribution in [2.24, 2.45) is 5.41 Å². The van der Waals surface area contributed by atoms with Gasteiger partial charge in [-0.1, -0.05) is 28.9 Å². The van der Waals surface area contributed by atoms with Crippen molar-refractivity contribution < 1.29 is 13.7 Å². The topological polar surface area (TPSA) is 88.5 Å². The fourth-order valence-electron chi connectivity index (χ4n) is 4.92. The van der Waals surface area contributed by atoms with E-state index in [2.05, 4.69) is 22.1 Å². The molecule has 0 radical (unpaired) electrons. The summed E-state index contributed by atoms with van der Waals surface area (Å²) in [5.41, 5.74) is 2.59. The Morgan fingerprint density at radius 2 is 2.13 bits per heavy atom. The zero-order valence-electron chi connectivity index (χ0n) is 17.5. The number of benzene rings is 1. The van der Waals surface area contributed by atoms with E-state index in [1.165, 1.54) is 6.39 Å². The van der Waals surface area contributed by atoms with Gasteiger partial charge >= 0.3 is 0 Å². The first-order valence-corrected chi connectivity index (χ1v) is 10.2. The van der Waals surface area contributed by atoms with Gasteiger partial charge in [0.05, 0.1) is 11.6 Å². The third-order valence-corrected chi connectivity index (χ3v) is 6.47. The molecular weight excluding hydrogens is 382 g/mol. The van der Waals surface area contributed by atoms with Crippen molar-refractivity contribution in [1.82, 2.24) is 24.9 Å². The molecule has 156 valence electrons. The zero-order valence-corrected chi connectivity index (χ0v) is 17.5. The van der Waals surface area contributed by atoms with Crippen molar-refractivity contribution in [2.45, 2.75) is 26.2 Å². The molecule has 0 unspecified atom stereocenters. The van der Waals surface area contributed by atoms with Crippen molar-refractivity contribution in [3.63, 3.8) is 0 Å². The summed E-state index contributed by atoms with van der Waals surface area (Å²) < 4.78 is 11.1. The molecule has 0 saturated carbocycles. The van der Waals surface area contributed by atoms with Crippen LogP contribution in [0.5, 0.6) is 0 Å². The molecule has 2 fully saturated rings. The SMILES string of the molecule is Cc1cccc(-c2noc([C@@H]3CN(C(=O)c4ocnc4C)C[C@@]34CCN(C)C4)n2)c1. The van der Waals surface area contributed by atoms with Crippen molar-refractivity contribution in [1.29, 1.82) is 0 Å². The van der Waals surface area contributed by atoms with E-state index in [0.29, 0.717) is 36.3 Å². The number of carbonyl (C=O) groups is 1. The van der Waals surface area contributed by atoms with Gasteiger partial charge < -0.3 is 18.7 Å². The maximum absolute atomic E-state index is 13.1. The lowest BCUT2D eigenvalue weighted by Gasteiger charge is -2.27. The summed E-state index contributed by atoms with van der Waals surface area (Å²) in [5.74, 6) is 1.36. The van der Waals surface area contributed by atoms with Crippen LogP contribution in [0.2, 0.25) is 0 Å². The molecule has 2 atom stereocenters. The summed E-state index contributed by atoms with van der Waals surface area (Å²) in [7, 11) is 2.11. The van der Waals surface area contributed by atoms with E-state index in [1.54, 1.807) is 6.92 Å². The van der Waals surface area contributed by atoms with Gasteiger partial charge in [0.15, 0.2) is 6.39 Å². The summed E-state index contributed by atoms with van der Waals surface area (Å²) in [6.45, 7) is 6.87. The van der Waals surface area contributed by atoms with Gasteiger partial charge in [-0.2, -0.15) is 4.98 Å². The highest BCUT2D eigenvalue weighted by molar-refractivity contribution is 5.92. The second kappa shape index (κ2) is 7.05. The maximum atomic E-state index is 13.1. The zero-order chi connectivity index (χ0) is 20.9. The normalized spacial score (nSPS) is 24.2. The Balaban J connectivity index is 1.47. The minimum atomic E-state index is -0.125. The molecule has 4 heterocycles. The number of rotatable bonds is 3. The lowest BCUT2D eigenvalue weighted by atomic mass is 9.77. The highest BCUT2D eigenvalue weighted by Gasteiger charge is 2.54. The van der Waals surface area contributed by atoms with Crippen LogP contribution in [0.4, 0.5) is 0 Å². The molecule has 8 nitrogen and oxygen atoms in total. The molecule has 0 bridgehead atoms. The summed E-state index contributed by atoms with van der Waals surface area (Å²) >= 11 is 0. The Bertz CT molecular complexity index is 1090. The maximum Gasteiger partial charge on any atom is 0.291 e. The Morgan fingerprint density at radius 3 is 2.83 bits per heavy atom. The second-order valence-corrected chi connectivity index (χ2v) is 8.68. The highest BCUT2D eigenvalue weighted by Crippen LogP contribution is 2.48. The Morgan fingerprint density at radius 1 is 1.27 bits per heavy atom. The number of oxazole rings is 1. The number of aromatic nitrogens is 3. The van der Waals surface area contributed by atoms with Gasteiger partial charge in [0.1, 0.15) is 0 Å². The molecule has 30 heavy (non-hydrogen) atoms. The van der Waals surface area contributed by atoms with Crippen LogP contribution >= 0.6 is 0 Å². The molecule has 1 spiro atoms. The molecule has 1 amide bonds. The summed E-state index contributed by atoms with van der Waals surface area (Å²) in [6.07, 6.45) is 2.30. The van der Waals surface area contributed by atoms with Crippen LogP contribution < -0.4 is 0 Å². The standard InChI is InChI=1S/C22H25N5O3/c1-14-5-4-6-16(9-14)19-24-20(30-25-19)17-10-27(12-22(17)7-8-26(3)11-22)21(28)18-15(2)23-13-29-18/h4-6,9,13,17H,7-8,10-12H2,1-3H3/t17-,22-/m0/s1. The minimum absolute atomic E-state index is 0.0133. The Kier molecular flexibility index (Phi) is 4.47. The van der Waals surface area contributed by atoms with Crippen molar-refractivity contribution in [3.8, 4) is 11.4 Å². The Hall–Kier alpha value is -3.00. The molecule has 2 aromatic heterocycles. The molecule has 5 rings (SSSR count). The van der Waals surface area contributed by atoms with E-state index in [9.17, 15) is 4.79 Å². The quantitative estimate of drug-likeness (QED) is 0.659. The van der Waals surface area contributed by atoms with Gasteiger partial charge in [-0.25, -0.2) is 4.98 Å². The van der Waals surface area contributed by atoms with Crippen LogP contribution in [0, 0.1) is 19.3 Å². The Labute approximate surface area is 174 Å². The number of nitrogens with zero attached hydrogens (tertiary/aromatic N) is 5. The number of carbonyl (C=O) groups excluding carboxylic acids is 1. The van der Waals surface area contributed by atoms with Gasteiger partial charge in [-0.15, -0.1) is 0 Å². The molecule has 1 aromatic carbocycles. The number of amides is 1. The average Bonchev–Trinajstić information content (AvgIpc) is 3.49. The number of hydrogen-bond acceptors (Lipinski definition) is 7. The van der Waals surface area contributed by atoms with E-state index in [-0.39, 0.29) is 17.2 Å². The smallest absolute Gasteiger partial charge is 0.291 e. The van der Waals surface area contributed by atoms with Gasteiger partial charge in [0.2, 0.25) is 17.5 Å². The van der Waals surface area contributed by atoms with E-state index >= 15 is 0 Å². The molecule has 2 aliphatic rings. The number of likely N-dealkylation sites (tertiary alicyclic amines) is 2. The molecule has 2 aliphatic heterocycles. The fourth-order valence-corrected chi connectivity index (χ4v) is 4.92. The van der Waals surface area contributed by atoms with Crippen LogP contribution in [0.25, 0.3) is 11.4 Å². The number of aryl methyl sites for hydroxylation is 2. The molecule has 3 aromatic rings. The van der Waals surface area contributed by atoms with Crippen molar-refractivity contribution in [2.75, 3.05) is 33.2 Å². The van der Waals surface area contributed by atoms with Gasteiger partial charge in [0, 0.05) is 30.6 Å². The first-order chi connectivity index (χ1) is 14.4. The van der Waals surface area contributed by atoms with E-state index < -0.39 is 0 Å². The molecular formula is C22H25N5O3. The van der Waals surface area contributed by atoms with Crippen LogP contribution in [-0.4, -0.2) is 64.1 Å². The lowest BCUT2D eigenvalue weighted by molar-refractivity contribution is 0.0741. The first-order valence-electron chi connectivity index (χ1n) is 10.2. The third kappa shape index (κ3) is 3.11. The third-order valence-electron chi connectivity index (χ3n) is 6.47. The first kappa shape index (κ1) is 19.0. The summed E-state index contributed by atoms with van der Waals surface area (Å²) in [6, 6.07) is 8.06.